The Morgan fingerprint density at radius 1 is 0.875 bits per heavy atom. The van der Waals surface area contributed by atoms with Crippen LogP contribution in [0.25, 0.3) is 5.69 Å². The van der Waals surface area contributed by atoms with E-state index in [2.05, 4.69) is 0 Å². The molecule has 3 aromatic rings. The zero-order valence-electron chi connectivity index (χ0n) is 12.5. The molecule has 6 nitrogen and oxygen atoms in total. The minimum Gasteiger partial charge on any atom is -0.255 e. The van der Waals surface area contributed by atoms with Crippen molar-refractivity contribution < 1.29 is 8.42 Å². The maximum absolute atomic E-state index is 12.4. The quantitative estimate of drug-likeness (QED) is 0.690. The summed E-state index contributed by atoms with van der Waals surface area (Å²) >= 11 is 0.757. The Labute approximate surface area is 142 Å². The standard InChI is InChI=1S/C16H14N2O4S2/c19-15-17(11-12-24(21,22)14-9-5-2-6-10-14)16(20)23-18(15)13-7-3-1-4-8-13/h1-10H,11-12H2. The molecule has 0 aliphatic rings. The van der Waals surface area contributed by atoms with Crippen molar-refractivity contribution in [2.75, 3.05) is 5.75 Å². The summed E-state index contributed by atoms with van der Waals surface area (Å²) < 4.78 is 26.8. The SMILES string of the molecule is O=c1sn(-c2ccccc2)c(=O)n1CCS(=O)(=O)c1ccccc1. The van der Waals surface area contributed by atoms with E-state index in [4.69, 9.17) is 0 Å². The maximum Gasteiger partial charge on any atom is 0.345 e. The molecule has 0 amide bonds. The van der Waals surface area contributed by atoms with E-state index < -0.39 is 20.4 Å². The van der Waals surface area contributed by atoms with Crippen molar-refractivity contribution in [1.29, 1.82) is 0 Å². The van der Waals surface area contributed by atoms with Crippen LogP contribution in [-0.2, 0) is 16.4 Å². The Hall–Kier alpha value is -2.45. The average molecular weight is 362 g/mol. The highest BCUT2D eigenvalue weighted by molar-refractivity contribution is 7.91. The molecule has 1 aromatic heterocycles. The number of para-hydroxylation sites is 1. The molecule has 24 heavy (non-hydrogen) atoms. The summed E-state index contributed by atoms with van der Waals surface area (Å²) in [6.07, 6.45) is 0. The molecule has 0 aliphatic heterocycles. The summed E-state index contributed by atoms with van der Waals surface area (Å²) in [6, 6.07) is 16.7. The molecule has 124 valence electrons. The second-order valence-corrected chi connectivity index (χ2v) is 8.06. The first-order chi connectivity index (χ1) is 11.5. The van der Waals surface area contributed by atoms with Gasteiger partial charge in [0.15, 0.2) is 9.84 Å². The van der Waals surface area contributed by atoms with Gasteiger partial charge in [0.05, 0.1) is 16.3 Å². The van der Waals surface area contributed by atoms with Crippen molar-refractivity contribution in [2.24, 2.45) is 0 Å². The lowest BCUT2D eigenvalue weighted by molar-refractivity contribution is 0.585. The molecule has 0 bridgehead atoms. The van der Waals surface area contributed by atoms with Gasteiger partial charge in [0.25, 0.3) is 0 Å². The number of sulfone groups is 1. The van der Waals surface area contributed by atoms with Crippen LogP contribution >= 0.6 is 11.5 Å². The Bertz CT molecular complexity index is 1050. The minimum atomic E-state index is -3.55. The van der Waals surface area contributed by atoms with Gasteiger partial charge in [0, 0.05) is 18.1 Å². The lowest BCUT2D eigenvalue weighted by atomic mass is 10.3. The second-order valence-electron chi connectivity index (χ2n) is 5.05. The smallest absolute Gasteiger partial charge is 0.255 e. The molecular weight excluding hydrogens is 348 g/mol. The summed E-state index contributed by atoms with van der Waals surface area (Å²) in [5.41, 5.74) is 0.0497. The predicted molar refractivity (Wildman–Crippen MR) is 92.7 cm³/mol. The first-order valence-electron chi connectivity index (χ1n) is 7.15. The Balaban J connectivity index is 1.89. The van der Waals surface area contributed by atoms with Crippen LogP contribution in [0.4, 0.5) is 0 Å². The first-order valence-corrected chi connectivity index (χ1v) is 9.58. The fraction of sp³-hybridized carbons (Fsp3) is 0.125. The molecule has 8 heteroatoms. The fourth-order valence-electron chi connectivity index (χ4n) is 2.22. The molecule has 0 saturated carbocycles. The van der Waals surface area contributed by atoms with E-state index in [1.807, 2.05) is 0 Å². The minimum absolute atomic E-state index is 0.175. The van der Waals surface area contributed by atoms with Gasteiger partial charge in [-0.05, 0) is 24.3 Å². The maximum atomic E-state index is 12.4. The summed E-state index contributed by atoms with van der Waals surface area (Å²) in [7, 11) is -3.55. The second kappa shape index (κ2) is 6.58. The number of benzene rings is 2. The van der Waals surface area contributed by atoms with Gasteiger partial charge in [-0.15, -0.1) is 0 Å². The van der Waals surface area contributed by atoms with Gasteiger partial charge in [-0.3, -0.25) is 4.79 Å². The van der Waals surface area contributed by atoms with Gasteiger partial charge in [-0.2, -0.15) is 0 Å². The zero-order valence-corrected chi connectivity index (χ0v) is 14.2. The molecule has 0 aliphatic carbocycles. The van der Waals surface area contributed by atoms with E-state index in [1.165, 1.54) is 16.1 Å². The topological polar surface area (TPSA) is 78.1 Å². The number of rotatable bonds is 5. The highest BCUT2D eigenvalue weighted by atomic mass is 32.2. The summed E-state index contributed by atoms with van der Waals surface area (Å²) in [6.45, 7) is -0.175. The van der Waals surface area contributed by atoms with Crippen molar-refractivity contribution >= 4 is 21.4 Å². The van der Waals surface area contributed by atoms with Crippen molar-refractivity contribution in [3.63, 3.8) is 0 Å². The molecule has 0 unspecified atom stereocenters. The lowest BCUT2D eigenvalue weighted by Gasteiger charge is -2.04. The van der Waals surface area contributed by atoms with Crippen molar-refractivity contribution in [3.05, 3.63) is 80.8 Å². The van der Waals surface area contributed by atoms with Crippen molar-refractivity contribution in [1.82, 2.24) is 8.52 Å². The highest BCUT2D eigenvalue weighted by Gasteiger charge is 2.17. The predicted octanol–water partition coefficient (Wildman–Crippen LogP) is 1.53. The molecular formula is C16H14N2O4S2. The van der Waals surface area contributed by atoms with E-state index in [-0.39, 0.29) is 17.2 Å². The lowest BCUT2D eigenvalue weighted by Crippen LogP contribution is -2.31. The Morgan fingerprint density at radius 3 is 2.08 bits per heavy atom. The average Bonchev–Trinajstić information content (AvgIpc) is 2.89. The largest absolute Gasteiger partial charge is 0.345 e. The highest BCUT2D eigenvalue weighted by Crippen LogP contribution is 2.10. The van der Waals surface area contributed by atoms with Crippen LogP contribution in [0, 0.1) is 0 Å². The normalized spacial score (nSPS) is 11.5. The number of aromatic nitrogens is 2. The van der Waals surface area contributed by atoms with E-state index in [9.17, 15) is 18.0 Å². The van der Waals surface area contributed by atoms with Gasteiger partial charge in [-0.25, -0.2) is 21.7 Å². The molecule has 1 heterocycles. The molecule has 0 saturated heterocycles. The summed E-state index contributed by atoms with van der Waals surface area (Å²) in [5.74, 6) is -0.308. The van der Waals surface area contributed by atoms with E-state index in [0.29, 0.717) is 5.69 Å². The third-order valence-electron chi connectivity index (χ3n) is 3.47. The molecule has 0 fully saturated rings. The fourth-order valence-corrected chi connectivity index (χ4v) is 4.28. The van der Waals surface area contributed by atoms with E-state index in [1.54, 1.807) is 48.5 Å². The molecule has 0 N–H and O–H groups in total. The van der Waals surface area contributed by atoms with Crippen LogP contribution in [0.1, 0.15) is 0 Å². The molecule has 0 atom stereocenters. The van der Waals surface area contributed by atoms with Gasteiger partial charge in [0.1, 0.15) is 0 Å². The monoisotopic (exact) mass is 362 g/mol. The van der Waals surface area contributed by atoms with Gasteiger partial charge in [0.2, 0.25) is 0 Å². The number of hydrogen-bond acceptors (Lipinski definition) is 5. The van der Waals surface area contributed by atoms with Crippen LogP contribution in [-0.4, -0.2) is 22.7 Å². The molecule has 0 spiro atoms. The van der Waals surface area contributed by atoms with Crippen LogP contribution in [0.15, 0.2) is 75.1 Å². The van der Waals surface area contributed by atoms with Crippen LogP contribution in [0.3, 0.4) is 0 Å². The van der Waals surface area contributed by atoms with Crippen LogP contribution < -0.4 is 10.6 Å². The van der Waals surface area contributed by atoms with E-state index in [0.717, 1.165) is 16.1 Å². The van der Waals surface area contributed by atoms with Crippen LogP contribution in [0.2, 0.25) is 0 Å². The van der Waals surface area contributed by atoms with Gasteiger partial charge in [-0.1, -0.05) is 36.4 Å². The summed E-state index contributed by atoms with van der Waals surface area (Å²) in [5, 5.41) is 0. The third-order valence-corrected chi connectivity index (χ3v) is 6.11. The van der Waals surface area contributed by atoms with Gasteiger partial charge >= 0.3 is 10.6 Å². The van der Waals surface area contributed by atoms with Crippen LogP contribution in [0.5, 0.6) is 0 Å². The summed E-state index contributed by atoms with van der Waals surface area (Å²) in [4.78, 5) is 24.1. The Kier molecular flexibility index (Phi) is 4.50. The first kappa shape index (κ1) is 16.4. The number of nitrogens with zero attached hydrogens (tertiary/aromatic N) is 2. The van der Waals surface area contributed by atoms with Crippen molar-refractivity contribution in [3.8, 4) is 5.69 Å². The number of hydrogen-bond donors (Lipinski definition) is 0. The molecule has 0 radical (unpaired) electrons. The Morgan fingerprint density at radius 2 is 1.46 bits per heavy atom. The molecule has 3 rings (SSSR count). The van der Waals surface area contributed by atoms with Crippen molar-refractivity contribution in [2.45, 2.75) is 11.4 Å². The van der Waals surface area contributed by atoms with Gasteiger partial charge < -0.3 is 0 Å². The van der Waals surface area contributed by atoms with E-state index >= 15 is 0 Å². The molecule has 2 aromatic carbocycles. The zero-order chi connectivity index (χ0) is 17.2. The third kappa shape index (κ3) is 3.24.